The number of hydrogen-bond donors (Lipinski definition) is 1. The van der Waals surface area contributed by atoms with Gasteiger partial charge in [-0.05, 0) is 69.3 Å². The number of rotatable bonds is 3. The summed E-state index contributed by atoms with van der Waals surface area (Å²) in [5, 5.41) is 20.1. The van der Waals surface area contributed by atoms with Crippen LogP contribution in [0.2, 0.25) is 0 Å². The van der Waals surface area contributed by atoms with Gasteiger partial charge >= 0.3 is 0 Å². The van der Waals surface area contributed by atoms with Gasteiger partial charge in [-0.25, -0.2) is 4.98 Å². The van der Waals surface area contributed by atoms with E-state index in [-0.39, 0.29) is 0 Å². The monoisotopic (exact) mass is 377 g/mol. The molecular formula is C22H27N5O. The van der Waals surface area contributed by atoms with Crippen LogP contribution >= 0.6 is 0 Å². The van der Waals surface area contributed by atoms with E-state index in [2.05, 4.69) is 39.7 Å². The summed E-state index contributed by atoms with van der Waals surface area (Å²) in [6.07, 6.45) is 8.17. The first-order valence-corrected chi connectivity index (χ1v) is 10.4. The van der Waals surface area contributed by atoms with Gasteiger partial charge in [0.1, 0.15) is 17.0 Å². The normalized spacial score (nSPS) is 20.0. The lowest BCUT2D eigenvalue weighted by Gasteiger charge is -2.30. The maximum absolute atomic E-state index is 10.9. The summed E-state index contributed by atoms with van der Waals surface area (Å²) < 4.78 is 2.20. The fourth-order valence-electron chi connectivity index (χ4n) is 4.96. The number of imidazole rings is 1. The van der Waals surface area contributed by atoms with E-state index in [0.29, 0.717) is 11.8 Å². The topological polar surface area (TPSA) is 67.1 Å². The first-order valence-electron chi connectivity index (χ1n) is 10.4. The molecule has 2 aliphatic rings. The van der Waals surface area contributed by atoms with Gasteiger partial charge < -0.3 is 14.6 Å². The van der Waals surface area contributed by atoms with E-state index < -0.39 is 0 Å². The summed E-state index contributed by atoms with van der Waals surface area (Å²) in [4.78, 5) is 7.10. The number of aromatic nitrogens is 4. The van der Waals surface area contributed by atoms with Crippen LogP contribution in [0.1, 0.15) is 48.9 Å². The van der Waals surface area contributed by atoms with Gasteiger partial charge in [0.15, 0.2) is 5.65 Å². The number of hydrogen-bond acceptors (Lipinski definition) is 5. The molecule has 2 aromatic heterocycles. The van der Waals surface area contributed by atoms with Crippen molar-refractivity contribution in [1.82, 2.24) is 24.6 Å². The smallest absolute Gasteiger partial charge is 0.183 e. The second-order valence-corrected chi connectivity index (χ2v) is 8.22. The summed E-state index contributed by atoms with van der Waals surface area (Å²) in [6, 6.07) is 4.53. The number of fused-ring (bicyclic) bond motifs is 2. The van der Waals surface area contributed by atoms with Crippen LogP contribution < -0.4 is 0 Å². The zero-order chi connectivity index (χ0) is 19.3. The minimum atomic E-state index is 0.381. The highest BCUT2D eigenvalue weighted by molar-refractivity contribution is 5.84. The first kappa shape index (κ1) is 17.6. The molecule has 0 radical (unpaired) electrons. The predicted molar refractivity (Wildman–Crippen MR) is 110 cm³/mol. The molecule has 1 atom stereocenters. The number of aromatic hydroxyl groups is 1. The molecule has 3 aromatic rings. The highest BCUT2D eigenvalue weighted by atomic mass is 16.3. The highest BCUT2D eigenvalue weighted by Gasteiger charge is 2.25. The average Bonchev–Trinajstić information content (AvgIpc) is 3.35. The molecule has 6 heteroatoms. The lowest BCUT2D eigenvalue weighted by molar-refractivity contribution is 0.214. The lowest BCUT2D eigenvalue weighted by atomic mass is 9.98. The van der Waals surface area contributed by atoms with Crippen molar-refractivity contribution in [3.8, 4) is 17.0 Å². The number of benzene rings is 1. The quantitative estimate of drug-likeness (QED) is 0.756. The van der Waals surface area contributed by atoms with Crippen molar-refractivity contribution in [2.24, 2.45) is 0 Å². The number of phenols is 1. The molecule has 0 saturated carbocycles. The third-order valence-electron chi connectivity index (χ3n) is 6.44. The van der Waals surface area contributed by atoms with E-state index in [0.717, 1.165) is 78.7 Å². The molecule has 146 valence electrons. The van der Waals surface area contributed by atoms with Gasteiger partial charge in [0, 0.05) is 23.7 Å². The fraction of sp³-hybridized carbons (Fsp3) is 0.500. The Bertz CT molecular complexity index is 1040. The zero-order valence-corrected chi connectivity index (χ0v) is 16.6. The van der Waals surface area contributed by atoms with Crippen molar-refractivity contribution in [2.45, 2.75) is 51.5 Å². The van der Waals surface area contributed by atoms with Crippen LogP contribution in [0, 0.1) is 0 Å². The van der Waals surface area contributed by atoms with E-state index in [1.807, 2.05) is 12.4 Å². The van der Waals surface area contributed by atoms with Crippen molar-refractivity contribution >= 4 is 11.2 Å². The molecular weight excluding hydrogens is 350 g/mol. The van der Waals surface area contributed by atoms with E-state index >= 15 is 0 Å². The van der Waals surface area contributed by atoms with E-state index in [1.54, 1.807) is 0 Å². The molecule has 0 amide bonds. The Hall–Kier alpha value is -2.47. The zero-order valence-electron chi connectivity index (χ0n) is 16.6. The van der Waals surface area contributed by atoms with Crippen molar-refractivity contribution < 1.29 is 5.11 Å². The molecule has 1 saturated heterocycles. The molecule has 0 bridgehead atoms. The first-order chi connectivity index (χ1) is 13.7. The van der Waals surface area contributed by atoms with Crippen LogP contribution in [-0.4, -0.2) is 49.9 Å². The third kappa shape index (κ3) is 2.70. The number of piperidine rings is 1. The Morgan fingerprint density at radius 1 is 1.18 bits per heavy atom. The van der Waals surface area contributed by atoms with E-state index in [1.165, 1.54) is 12.0 Å². The largest absolute Gasteiger partial charge is 0.507 e. The van der Waals surface area contributed by atoms with E-state index in [9.17, 15) is 5.11 Å². The maximum atomic E-state index is 10.9. The van der Waals surface area contributed by atoms with Crippen molar-refractivity contribution in [3.05, 3.63) is 35.2 Å². The molecule has 5 rings (SSSR count). The molecule has 6 nitrogen and oxygen atoms in total. The lowest BCUT2D eigenvalue weighted by Crippen LogP contribution is -2.33. The van der Waals surface area contributed by atoms with Gasteiger partial charge in [0.05, 0.1) is 6.33 Å². The Morgan fingerprint density at radius 3 is 2.89 bits per heavy atom. The molecule has 28 heavy (non-hydrogen) atoms. The standard InChI is InChI=1S/C22H27N5O/c1-3-16-19(18-10-9-14-6-4-8-17(14)21(18)28)24-25-22-20(16)23-13-27(22)15-7-5-11-26(2)12-15/h9-10,13,15,28H,3-8,11-12H2,1-2H3/t15-/m1/s1. The Balaban J connectivity index is 1.62. The SMILES string of the molecule is CCc1c(-c2ccc3c(c2O)CCC3)nnc2c1ncn2[C@@H]1CCCN(C)C1. The Morgan fingerprint density at radius 2 is 2.07 bits per heavy atom. The molecule has 1 aromatic carbocycles. The van der Waals surface area contributed by atoms with Gasteiger partial charge in [-0.3, -0.25) is 0 Å². The number of phenolic OH excluding ortho intramolecular Hbond substituents is 1. The maximum Gasteiger partial charge on any atom is 0.183 e. The molecule has 1 aliphatic carbocycles. The number of aryl methyl sites for hydroxylation is 2. The fourth-order valence-corrected chi connectivity index (χ4v) is 4.96. The average molecular weight is 377 g/mol. The molecule has 1 aliphatic heterocycles. The van der Waals surface area contributed by atoms with Crippen LogP contribution in [0.5, 0.6) is 5.75 Å². The van der Waals surface area contributed by atoms with Crippen molar-refractivity contribution in [1.29, 1.82) is 0 Å². The molecule has 1 N–H and O–H groups in total. The van der Waals surface area contributed by atoms with E-state index in [4.69, 9.17) is 4.98 Å². The van der Waals surface area contributed by atoms with Crippen molar-refractivity contribution in [3.63, 3.8) is 0 Å². The summed E-state index contributed by atoms with van der Waals surface area (Å²) in [7, 11) is 2.17. The predicted octanol–water partition coefficient (Wildman–Crippen LogP) is 3.52. The van der Waals surface area contributed by atoms with Gasteiger partial charge in [0.2, 0.25) is 0 Å². The summed E-state index contributed by atoms with van der Waals surface area (Å²) >= 11 is 0. The number of likely N-dealkylation sites (tertiary alicyclic amines) is 1. The van der Waals surface area contributed by atoms with Crippen LogP contribution in [0.25, 0.3) is 22.4 Å². The van der Waals surface area contributed by atoms with Crippen LogP contribution in [0.15, 0.2) is 18.5 Å². The molecule has 0 spiro atoms. The summed E-state index contributed by atoms with van der Waals surface area (Å²) in [6.45, 7) is 4.29. The molecule has 3 heterocycles. The summed E-state index contributed by atoms with van der Waals surface area (Å²) in [5.41, 5.74) is 6.76. The highest BCUT2D eigenvalue weighted by Crippen LogP contribution is 2.40. The minimum Gasteiger partial charge on any atom is -0.507 e. The van der Waals surface area contributed by atoms with Gasteiger partial charge in [0.25, 0.3) is 0 Å². The third-order valence-corrected chi connectivity index (χ3v) is 6.44. The van der Waals surface area contributed by atoms with Gasteiger partial charge in [-0.15, -0.1) is 10.2 Å². The van der Waals surface area contributed by atoms with Crippen LogP contribution in [0.4, 0.5) is 0 Å². The number of likely N-dealkylation sites (N-methyl/N-ethyl adjacent to an activating group) is 1. The molecule has 0 unspecified atom stereocenters. The van der Waals surface area contributed by atoms with Crippen LogP contribution in [0.3, 0.4) is 0 Å². The summed E-state index contributed by atoms with van der Waals surface area (Å²) in [5.74, 6) is 0.381. The Kier molecular flexibility index (Phi) is 4.31. The number of nitrogens with zero attached hydrogens (tertiary/aromatic N) is 5. The minimum absolute atomic E-state index is 0.381. The van der Waals surface area contributed by atoms with Crippen molar-refractivity contribution in [2.75, 3.05) is 20.1 Å². The van der Waals surface area contributed by atoms with Gasteiger partial charge in [-0.1, -0.05) is 13.0 Å². The van der Waals surface area contributed by atoms with Crippen LogP contribution in [-0.2, 0) is 19.3 Å². The Labute approximate surface area is 165 Å². The molecule has 1 fully saturated rings. The van der Waals surface area contributed by atoms with Gasteiger partial charge in [-0.2, -0.15) is 0 Å². The second-order valence-electron chi connectivity index (χ2n) is 8.22. The second kappa shape index (κ2) is 6.85.